The molecule has 14 heteroatoms. The highest BCUT2D eigenvalue weighted by Gasteiger charge is 2.23. The van der Waals surface area contributed by atoms with Gasteiger partial charge in [-0.15, -0.1) is 20.5 Å². The van der Waals surface area contributed by atoms with E-state index in [1.54, 1.807) is 0 Å². The van der Waals surface area contributed by atoms with Crippen LogP contribution in [0.25, 0.3) is 0 Å². The van der Waals surface area contributed by atoms with Crippen LogP contribution in [0.15, 0.2) is 47.4 Å². The molecule has 0 saturated heterocycles. The number of pyridine rings is 1. The minimum absolute atomic E-state index is 0.126. The molecule has 2 rings (SSSR count). The number of rotatable bonds is 2. The lowest BCUT2D eigenvalue weighted by Gasteiger charge is -2.17. The normalized spacial score (nSPS) is 17.2. The average Bonchev–Trinajstić information content (AvgIpc) is 2.42. The van der Waals surface area contributed by atoms with Crippen molar-refractivity contribution in [2.24, 2.45) is 4.99 Å². The van der Waals surface area contributed by atoms with Crippen molar-refractivity contribution >= 4 is 11.7 Å². The van der Waals surface area contributed by atoms with E-state index in [4.69, 9.17) is 37.3 Å². The van der Waals surface area contributed by atoms with Gasteiger partial charge in [0.2, 0.25) is 5.84 Å². The third-order valence-electron chi connectivity index (χ3n) is 2.64. The summed E-state index contributed by atoms with van der Waals surface area (Å²) < 4.78 is 69.9. The molecule has 1 aromatic heterocycles. The van der Waals surface area contributed by atoms with Crippen LogP contribution in [0.4, 0.5) is 0 Å². The fourth-order valence-electron chi connectivity index (χ4n) is 1.59. The van der Waals surface area contributed by atoms with Gasteiger partial charge in [-0.2, -0.15) is 4.99 Å². The molecule has 1 aliphatic heterocycles. The highest BCUT2D eigenvalue weighted by molar-refractivity contribution is 6.01. The second-order valence-corrected chi connectivity index (χ2v) is 6.17. The van der Waals surface area contributed by atoms with Crippen LogP contribution in [0, 0.1) is 20.5 Å². The Bertz CT molecular complexity index is 618. The number of amides is 1. The molecular weight excluding hydrogens is 401 g/mol. The van der Waals surface area contributed by atoms with Gasteiger partial charge < -0.3 is 0 Å². The molecule has 2 heterocycles. The van der Waals surface area contributed by atoms with E-state index in [0.29, 0.717) is 6.54 Å². The Balaban J connectivity index is 0.000000520. The minimum atomic E-state index is -4.94. The summed E-state index contributed by atoms with van der Waals surface area (Å²) in [5.74, 6) is 0.686. The summed E-state index contributed by atoms with van der Waals surface area (Å²) in [6, 6.07) is 5.84. The number of quaternary nitrogens is 1. The van der Waals surface area contributed by atoms with E-state index >= 15 is 0 Å². The molecule has 1 N–H and O–H groups in total. The van der Waals surface area contributed by atoms with Crippen molar-refractivity contribution in [1.82, 2.24) is 0 Å². The number of nitrogens with zero attached hydrogens (tertiary/aromatic N) is 2. The topological polar surface area (TPSA) is 222 Å². The number of halogens is 2. The lowest BCUT2D eigenvalue weighted by atomic mass is 10.2. The Morgan fingerprint density at radius 3 is 1.81 bits per heavy atom. The van der Waals surface area contributed by atoms with Crippen LogP contribution in [0.1, 0.15) is 6.92 Å². The van der Waals surface area contributed by atoms with Gasteiger partial charge in [0, 0.05) is 19.1 Å². The maximum Gasteiger partial charge on any atom is 0.289 e. The van der Waals surface area contributed by atoms with Crippen molar-refractivity contribution in [2.45, 2.75) is 13.5 Å². The number of aliphatic imine (C=N–C) groups is 1. The summed E-state index contributed by atoms with van der Waals surface area (Å²) in [5.41, 5.74) is 0.735. The Hall–Kier alpha value is -1.55. The van der Waals surface area contributed by atoms with Crippen LogP contribution in [-0.2, 0) is 11.3 Å². The van der Waals surface area contributed by atoms with Gasteiger partial charge >= 0.3 is 0 Å². The maximum atomic E-state index is 11.7. The van der Waals surface area contributed by atoms with Gasteiger partial charge in [0.05, 0.1) is 7.05 Å². The second-order valence-electron chi connectivity index (χ2n) is 4.66. The molecule has 146 valence electrons. The van der Waals surface area contributed by atoms with Gasteiger partial charge in [0.1, 0.15) is 11.8 Å². The maximum absolute atomic E-state index is 11.7. The van der Waals surface area contributed by atoms with Crippen LogP contribution in [-0.4, -0.2) is 18.8 Å². The fraction of sp³-hybridized carbons (Fsp3) is 0.250. The van der Waals surface area contributed by atoms with E-state index in [9.17, 15) is 4.79 Å². The first kappa shape index (κ1) is 24.5. The van der Waals surface area contributed by atoms with Crippen molar-refractivity contribution in [3.8, 4) is 0 Å². The molecule has 1 unspecified atom stereocenters. The number of hydrogen-bond acceptors (Lipinski definition) is 9. The summed E-state index contributed by atoms with van der Waals surface area (Å²) in [4.78, 5) is 16.7. The van der Waals surface area contributed by atoms with Gasteiger partial charge in [-0.3, -0.25) is 9.69 Å². The number of carbonyl (C=O) groups excluding carboxylic acids is 1. The SMILES string of the molecule is CC1=NC(=O)C(C[n+]2ccccc2)=C[NH+]1C.[O-][Cl+3]([O-])([O-])[O-].[O-][Cl+3]([O-])([O-])[O-]. The monoisotopic (exact) mass is 415 g/mol. The Kier molecular flexibility index (Phi) is 9.93. The summed E-state index contributed by atoms with van der Waals surface area (Å²) in [6.45, 7) is 2.43. The molecule has 0 spiro atoms. The van der Waals surface area contributed by atoms with E-state index in [0.717, 1.165) is 16.3 Å². The van der Waals surface area contributed by atoms with E-state index in [1.165, 1.54) is 0 Å². The predicted molar refractivity (Wildman–Crippen MR) is 59.7 cm³/mol. The molecule has 0 aliphatic carbocycles. The standard InChI is InChI=1S/C12H14N3O.2ClHO4/c1-10-13-12(16)11(8-14(10)2)9-15-6-4-3-5-7-15;2*2-1(3,4)5/h3-8H,9H2,1-2H3;2*(H,2,3,4,5)/q+1;;/p-1. The van der Waals surface area contributed by atoms with E-state index in [1.807, 2.05) is 55.3 Å². The smallest absolute Gasteiger partial charge is 0.266 e. The third kappa shape index (κ3) is 14.8. The molecule has 0 bridgehead atoms. The van der Waals surface area contributed by atoms with Crippen molar-refractivity contribution < 1.29 is 72.0 Å². The van der Waals surface area contributed by atoms with Gasteiger partial charge in [-0.1, -0.05) is 6.07 Å². The van der Waals surface area contributed by atoms with Gasteiger partial charge in [0.25, 0.3) is 5.91 Å². The molecule has 26 heavy (non-hydrogen) atoms. The van der Waals surface area contributed by atoms with Crippen molar-refractivity contribution in [2.75, 3.05) is 7.05 Å². The first-order valence-corrected chi connectivity index (χ1v) is 8.95. The molecule has 0 aromatic carbocycles. The zero-order valence-electron chi connectivity index (χ0n) is 13.5. The fourth-order valence-corrected chi connectivity index (χ4v) is 1.59. The molecule has 1 aliphatic rings. The van der Waals surface area contributed by atoms with Crippen LogP contribution in [0.5, 0.6) is 0 Å². The lowest BCUT2D eigenvalue weighted by molar-refractivity contribution is -2.00. The van der Waals surface area contributed by atoms with Crippen molar-refractivity contribution in [3.05, 3.63) is 42.4 Å². The van der Waals surface area contributed by atoms with Crippen LogP contribution in [0.2, 0.25) is 0 Å². The number of nitrogens with one attached hydrogen (secondary N) is 1. The molecule has 12 nitrogen and oxygen atoms in total. The Labute approximate surface area is 152 Å². The molecule has 1 atom stereocenters. The highest BCUT2D eigenvalue weighted by atomic mass is 35.7. The zero-order valence-corrected chi connectivity index (χ0v) is 15.0. The number of aromatic nitrogens is 1. The van der Waals surface area contributed by atoms with E-state index < -0.39 is 20.5 Å². The van der Waals surface area contributed by atoms with Gasteiger partial charge in [-0.05, 0) is 0 Å². The largest absolute Gasteiger partial charge is 0.289 e. The van der Waals surface area contributed by atoms with Gasteiger partial charge in [0.15, 0.2) is 18.9 Å². The summed E-state index contributed by atoms with van der Waals surface area (Å²) >= 11 is 0. The third-order valence-corrected chi connectivity index (χ3v) is 2.64. The summed E-state index contributed by atoms with van der Waals surface area (Å²) in [6.07, 6.45) is 5.80. The van der Waals surface area contributed by atoms with Crippen LogP contribution < -0.4 is 46.7 Å². The lowest BCUT2D eigenvalue weighted by Crippen LogP contribution is -3.07. The molecule has 0 fully saturated rings. The predicted octanol–water partition coefficient (Wildman–Crippen LogP) is -10.2. The summed E-state index contributed by atoms with van der Waals surface area (Å²) in [5, 5.41) is 0. The zero-order chi connectivity index (χ0) is 20.5. The van der Waals surface area contributed by atoms with Crippen molar-refractivity contribution in [1.29, 1.82) is 0 Å². The Morgan fingerprint density at radius 2 is 1.38 bits per heavy atom. The van der Waals surface area contributed by atoms with Crippen LogP contribution in [0.3, 0.4) is 0 Å². The van der Waals surface area contributed by atoms with E-state index in [-0.39, 0.29) is 5.91 Å². The quantitative estimate of drug-likeness (QED) is 0.451. The van der Waals surface area contributed by atoms with Gasteiger partial charge in [-0.25, -0.2) is 41.8 Å². The van der Waals surface area contributed by atoms with Crippen LogP contribution >= 0.6 is 0 Å². The van der Waals surface area contributed by atoms with Crippen molar-refractivity contribution in [3.63, 3.8) is 0 Å². The number of amidine groups is 1. The molecule has 1 aromatic rings. The molecule has 1 amide bonds. The number of hydrogen-bond donors (Lipinski definition) is 1. The molecular formula is C12H15Cl2N3O9. The summed E-state index contributed by atoms with van der Waals surface area (Å²) in [7, 11) is -7.92. The minimum Gasteiger partial charge on any atom is -0.266 e. The highest BCUT2D eigenvalue weighted by Crippen LogP contribution is 1.99. The first-order valence-electron chi connectivity index (χ1n) is 6.48. The van der Waals surface area contributed by atoms with E-state index in [2.05, 4.69) is 4.99 Å². The number of carbonyl (C=O) groups is 1. The molecule has 0 saturated carbocycles. The Morgan fingerprint density at radius 1 is 0.962 bits per heavy atom. The first-order chi connectivity index (χ1) is 11.7. The second kappa shape index (κ2) is 10.6. The molecule has 0 radical (unpaired) electrons. The average molecular weight is 416 g/mol.